The van der Waals surface area contributed by atoms with Gasteiger partial charge >= 0.3 is 5.69 Å². The molecule has 10 heteroatoms. The summed E-state index contributed by atoms with van der Waals surface area (Å²) in [4.78, 5) is 54.7. The molecular weight excluding hydrogens is 496 g/mol. The van der Waals surface area contributed by atoms with Crippen molar-refractivity contribution in [1.82, 2.24) is 19.4 Å². The van der Waals surface area contributed by atoms with Crippen molar-refractivity contribution in [2.75, 3.05) is 7.11 Å². The third-order valence-corrected chi connectivity index (χ3v) is 6.94. The number of hydrogen-bond donors (Lipinski definition) is 1. The minimum Gasteiger partial charge on any atom is -0.480 e. The summed E-state index contributed by atoms with van der Waals surface area (Å²) >= 11 is 6.52. The van der Waals surface area contributed by atoms with Gasteiger partial charge in [0.15, 0.2) is 6.29 Å². The van der Waals surface area contributed by atoms with Gasteiger partial charge in [-0.05, 0) is 29.3 Å². The molecule has 0 fully saturated rings. The van der Waals surface area contributed by atoms with Crippen LogP contribution in [0, 0.1) is 5.92 Å². The number of nitrogens with zero attached hydrogens (tertiary/aromatic N) is 3. The van der Waals surface area contributed by atoms with Gasteiger partial charge in [0, 0.05) is 31.2 Å². The molecule has 0 radical (unpaired) electrons. The normalized spacial score (nSPS) is 18.7. The van der Waals surface area contributed by atoms with Crippen molar-refractivity contribution in [3.05, 3.63) is 109 Å². The molecule has 0 aliphatic heterocycles. The lowest BCUT2D eigenvalue weighted by Gasteiger charge is -2.40. The minimum absolute atomic E-state index is 0.0913. The SMILES string of the molecule is COc1nc(C2(NC(=O)c3cn(C)c(=O)n(C)c3=O)C=CC=C(c3ccccc3Cl)C2C)ccc1C=O. The van der Waals surface area contributed by atoms with Crippen LogP contribution in [0.5, 0.6) is 5.88 Å². The van der Waals surface area contributed by atoms with E-state index in [1.165, 1.54) is 32.0 Å². The van der Waals surface area contributed by atoms with Crippen LogP contribution in [-0.4, -0.2) is 33.4 Å². The highest BCUT2D eigenvalue weighted by Crippen LogP contribution is 2.44. The molecule has 2 aromatic heterocycles. The van der Waals surface area contributed by atoms with Crippen LogP contribution >= 0.6 is 11.6 Å². The summed E-state index contributed by atoms with van der Waals surface area (Å²) in [6.07, 6.45) is 7.28. The van der Waals surface area contributed by atoms with Gasteiger partial charge in [0.25, 0.3) is 11.5 Å². The third kappa shape index (κ3) is 4.42. The number of methoxy groups -OCH3 is 1. The molecule has 2 unspecified atom stereocenters. The predicted molar refractivity (Wildman–Crippen MR) is 140 cm³/mol. The minimum atomic E-state index is -1.27. The number of carbonyl (C=O) groups excluding carboxylic acids is 2. The number of aldehydes is 1. The average Bonchev–Trinajstić information content (AvgIpc) is 2.90. The molecule has 0 spiro atoms. The Kier molecular flexibility index (Phi) is 7.00. The maximum atomic E-state index is 13.6. The zero-order chi connectivity index (χ0) is 26.9. The molecule has 2 heterocycles. The van der Waals surface area contributed by atoms with E-state index in [4.69, 9.17) is 16.3 Å². The predicted octanol–water partition coefficient (Wildman–Crippen LogP) is 2.87. The van der Waals surface area contributed by atoms with Crippen LogP contribution in [0.1, 0.15) is 38.9 Å². The first-order chi connectivity index (χ1) is 17.6. The molecule has 0 saturated carbocycles. The number of hydrogen-bond acceptors (Lipinski definition) is 6. The molecule has 1 aliphatic carbocycles. The van der Waals surface area contributed by atoms with Gasteiger partial charge in [-0.15, -0.1) is 0 Å². The Labute approximate surface area is 217 Å². The summed E-state index contributed by atoms with van der Waals surface area (Å²) < 4.78 is 7.36. The molecule has 37 heavy (non-hydrogen) atoms. The monoisotopic (exact) mass is 520 g/mol. The molecule has 190 valence electrons. The first-order valence-corrected chi connectivity index (χ1v) is 11.8. The molecule has 3 aromatic rings. The van der Waals surface area contributed by atoms with Crippen molar-refractivity contribution >= 4 is 29.4 Å². The summed E-state index contributed by atoms with van der Waals surface area (Å²) in [6, 6.07) is 10.5. The number of pyridine rings is 1. The fourth-order valence-corrected chi connectivity index (χ4v) is 4.78. The molecular formula is C27H25ClN4O5. The molecule has 0 saturated heterocycles. The number of nitrogens with one attached hydrogen (secondary N) is 1. The number of halogens is 1. The number of amides is 1. The van der Waals surface area contributed by atoms with Gasteiger partial charge in [0.2, 0.25) is 5.88 Å². The van der Waals surface area contributed by atoms with E-state index < -0.39 is 28.6 Å². The summed E-state index contributed by atoms with van der Waals surface area (Å²) in [7, 11) is 4.16. The van der Waals surface area contributed by atoms with Gasteiger partial charge in [-0.2, -0.15) is 0 Å². The van der Waals surface area contributed by atoms with Crippen molar-refractivity contribution in [1.29, 1.82) is 0 Å². The van der Waals surface area contributed by atoms with E-state index in [-0.39, 0.29) is 17.0 Å². The fraction of sp³-hybridized carbons (Fsp3) is 0.222. The molecule has 1 aliphatic rings. The van der Waals surface area contributed by atoms with Crippen LogP contribution in [0.2, 0.25) is 5.02 Å². The van der Waals surface area contributed by atoms with E-state index in [1.54, 1.807) is 30.4 Å². The third-order valence-electron chi connectivity index (χ3n) is 6.61. The van der Waals surface area contributed by atoms with E-state index in [0.717, 1.165) is 15.7 Å². The Morgan fingerprint density at radius 1 is 1.19 bits per heavy atom. The quantitative estimate of drug-likeness (QED) is 0.500. The van der Waals surface area contributed by atoms with E-state index in [9.17, 15) is 19.2 Å². The largest absolute Gasteiger partial charge is 0.480 e. The van der Waals surface area contributed by atoms with E-state index in [0.29, 0.717) is 17.0 Å². The van der Waals surface area contributed by atoms with Crippen LogP contribution in [0.4, 0.5) is 0 Å². The second-order valence-corrected chi connectivity index (χ2v) is 9.13. The maximum Gasteiger partial charge on any atom is 0.330 e. The molecule has 2 atom stereocenters. The van der Waals surface area contributed by atoms with Crippen LogP contribution in [0.25, 0.3) is 5.57 Å². The van der Waals surface area contributed by atoms with E-state index >= 15 is 0 Å². The standard InChI is InChI=1S/C27H25ClN4O5/c1-16-18(19-8-5-6-10-21(19)28)9-7-13-27(16,22-12-11-17(15-33)24(29-22)37-4)30-23(34)20-14-31(2)26(36)32(3)25(20)35/h5-16H,1-4H3,(H,30,34). The van der Waals surface area contributed by atoms with Crippen molar-refractivity contribution in [2.45, 2.75) is 12.5 Å². The zero-order valence-electron chi connectivity index (χ0n) is 20.7. The summed E-state index contributed by atoms with van der Waals surface area (Å²) in [5.74, 6) is -1.04. The Morgan fingerprint density at radius 3 is 2.59 bits per heavy atom. The topological polar surface area (TPSA) is 112 Å². The summed E-state index contributed by atoms with van der Waals surface area (Å²) in [5, 5.41) is 3.53. The highest BCUT2D eigenvalue weighted by atomic mass is 35.5. The number of aryl methyl sites for hydroxylation is 1. The van der Waals surface area contributed by atoms with Gasteiger partial charge in [-0.25, -0.2) is 9.78 Å². The molecule has 1 amide bonds. The summed E-state index contributed by atoms with van der Waals surface area (Å²) in [5.41, 5.74) is -0.547. The Hall–Kier alpha value is -4.24. The van der Waals surface area contributed by atoms with Gasteiger partial charge in [-0.3, -0.25) is 19.0 Å². The first kappa shape index (κ1) is 25.8. The summed E-state index contributed by atoms with van der Waals surface area (Å²) in [6.45, 7) is 1.90. The second kappa shape index (κ2) is 10.0. The lowest BCUT2D eigenvalue weighted by atomic mass is 9.72. The van der Waals surface area contributed by atoms with Gasteiger partial charge in [-0.1, -0.05) is 55.0 Å². The van der Waals surface area contributed by atoms with E-state index in [2.05, 4.69) is 10.3 Å². The van der Waals surface area contributed by atoms with Crippen LogP contribution in [0.15, 0.2) is 70.4 Å². The number of aromatic nitrogens is 3. The fourth-order valence-electron chi connectivity index (χ4n) is 4.53. The number of benzene rings is 1. The highest BCUT2D eigenvalue weighted by molar-refractivity contribution is 6.32. The number of rotatable bonds is 6. The number of ether oxygens (including phenoxy) is 1. The Balaban J connectivity index is 1.91. The molecule has 0 bridgehead atoms. The van der Waals surface area contributed by atoms with Gasteiger partial charge < -0.3 is 14.6 Å². The Morgan fingerprint density at radius 2 is 1.92 bits per heavy atom. The van der Waals surface area contributed by atoms with Gasteiger partial charge in [0.1, 0.15) is 11.1 Å². The first-order valence-electron chi connectivity index (χ1n) is 11.4. The van der Waals surface area contributed by atoms with Crippen molar-refractivity contribution in [2.24, 2.45) is 20.0 Å². The van der Waals surface area contributed by atoms with Crippen molar-refractivity contribution in [3.63, 3.8) is 0 Å². The smallest absolute Gasteiger partial charge is 0.330 e. The van der Waals surface area contributed by atoms with E-state index in [1.807, 2.05) is 31.2 Å². The Bertz CT molecular complexity index is 1590. The van der Waals surface area contributed by atoms with Crippen molar-refractivity contribution in [3.8, 4) is 5.88 Å². The molecule has 9 nitrogen and oxygen atoms in total. The molecule has 1 aromatic carbocycles. The lowest BCUT2D eigenvalue weighted by molar-refractivity contribution is 0.0895. The number of allylic oxidation sites excluding steroid dienone is 2. The number of carbonyl (C=O) groups is 2. The maximum absolute atomic E-state index is 13.6. The van der Waals surface area contributed by atoms with Crippen LogP contribution in [-0.2, 0) is 19.6 Å². The molecule has 4 rings (SSSR count). The lowest BCUT2D eigenvalue weighted by Crippen LogP contribution is -2.52. The van der Waals surface area contributed by atoms with Crippen molar-refractivity contribution < 1.29 is 14.3 Å². The van der Waals surface area contributed by atoms with Crippen LogP contribution in [0.3, 0.4) is 0 Å². The van der Waals surface area contributed by atoms with Crippen LogP contribution < -0.4 is 21.3 Å². The zero-order valence-corrected chi connectivity index (χ0v) is 21.4. The van der Waals surface area contributed by atoms with Gasteiger partial charge in [0.05, 0.1) is 18.4 Å². The highest BCUT2D eigenvalue weighted by Gasteiger charge is 2.43. The molecule has 1 N–H and O–H groups in total. The average molecular weight is 521 g/mol. The second-order valence-electron chi connectivity index (χ2n) is 8.72.